The van der Waals surface area contributed by atoms with Crippen molar-refractivity contribution in [1.29, 1.82) is 0 Å². The van der Waals surface area contributed by atoms with Crippen molar-refractivity contribution in [2.75, 3.05) is 34.8 Å². The zero-order valence-electron chi connectivity index (χ0n) is 9.29. The summed E-state index contributed by atoms with van der Waals surface area (Å²) in [6.07, 6.45) is 0. The first-order valence-corrected chi connectivity index (χ1v) is 3.96. The summed E-state index contributed by atoms with van der Waals surface area (Å²) in [6.45, 7) is 2.29. The molecule has 6 heteroatoms. The van der Waals surface area contributed by atoms with Gasteiger partial charge in [0.25, 0.3) is 0 Å². The minimum atomic E-state index is -0.815. The fourth-order valence-corrected chi connectivity index (χ4v) is 0.387. The number of nitrogens with zero attached hydrogens (tertiary/aromatic N) is 1. The topological polar surface area (TPSA) is 58.6 Å². The fourth-order valence-electron chi connectivity index (χ4n) is 0.387. The molecule has 0 saturated heterocycles. The Kier molecular flexibility index (Phi) is 16.4. The largest absolute Gasteiger partial charge is 0.462 e. The van der Waals surface area contributed by atoms with Gasteiger partial charge in [0.2, 0.25) is 0 Å². The Bertz CT molecular complexity index is 165. The molecule has 0 rings (SSSR count). The molecule has 0 fully saturated rings. The van der Waals surface area contributed by atoms with E-state index in [0.717, 1.165) is 0 Å². The van der Waals surface area contributed by atoms with Crippen molar-refractivity contribution in [3.05, 3.63) is 0 Å². The van der Waals surface area contributed by atoms with E-state index in [4.69, 9.17) is 0 Å². The zero-order chi connectivity index (χ0) is 10.9. The van der Waals surface area contributed by atoms with E-state index < -0.39 is 11.9 Å². The molecular weight excluding hydrogens is 208 g/mol. The van der Waals surface area contributed by atoms with E-state index in [1.807, 2.05) is 14.1 Å². The van der Waals surface area contributed by atoms with Crippen LogP contribution in [0.1, 0.15) is 6.92 Å². The third-order valence-electron chi connectivity index (χ3n) is 1.18. The minimum absolute atomic E-state index is 0. The first kappa shape index (κ1) is 18.9. The van der Waals surface area contributed by atoms with Crippen molar-refractivity contribution < 1.29 is 14.3 Å². The molecule has 0 aromatic carbocycles. The average Bonchev–Trinajstić information content (AvgIpc) is 2.15. The summed E-state index contributed by atoms with van der Waals surface area (Å²) in [5.41, 5.74) is 0. The standard InChI is InChI=1S/C6H11NO3.C2H7N.ClH/c1-4-7(2)5(8)6(9)10-3;1-3-2;/h4H2,1-3H3;3H,1-2H3;1H. The molecule has 0 heterocycles. The van der Waals surface area contributed by atoms with E-state index in [0.29, 0.717) is 6.54 Å². The highest BCUT2D eigenvalue weighted by atomic mass is 35.5. The van der Waals surface area contributed by atoms with Crippen molar-refractivity contribution in [2.24, 2.45) is 0 Å². The van der Waals surface area contributed by atoms with Gasteiger partial charge in [0.15, 0.2) is 0 Å². The van der Waals surface area contributed by atoms with Gasteiger partial charge in [0, 0.05) is 13.6 Å². The Morgan fingerprint density at radius 3 is 1.93 bits per heavy atom. The summed E-state index contributed by atoms with van der Waals surface area (Å²) in [5.74, 6) is -1.42. The Hall–Kier alpha value is -0.810. The summed E-state index contributed by atoms with van der Waals surface area (Å²) in [7, 11) is 6.48. The Labute approximate surface area is 91.2 Å². The number of ether oxygens (including phenoxy) is 1. The van der Waals surface area contributed by atoms with E-state index in [1.54, 1.807) is 14.0 Å². The third kappa shape index (κ3) is 9.28. The van der Waals surface area contributed by atoms with Crippen LogP contribution >= 0.6 is 12.4 Å². The number of carbonyl (C=O) groups is 2. The molecule has 0 aliphatic heterocycles. The molecule has 86 valence electrons. The van der Waals surface area contributed by atoms with Crippen LogP contribution in [-0.2, 0) is 14.3 Å². The van der Waals surface area contributed by atoms with E-state index >= 15 is 0 Å². The van der Waals surface area contributed by atoms with E-state index in [1.165, 1.54) is 12.0 Å². The highest BCUT2D eigenvalue weighted by molar-refractivity contribution is 6.32. The molecule has 0 aromatic heterocycles. The summed E-state index contributed by atoms with van der Waals surface area (Å²) in [6, 6.07) is 0. The number of likely N-dealkylation sites (N-methyl/N-ethyl adjacent to an activating group) is 1. The third-order valence-corrected chi connectivity index (χ3v) is 1.18. The molecule has 0 radical (unpaired) electrons. The van der Waals surface area contributed by atoms with Crippen LogP contribution < -0.4 is 5.32 Å². The van der Waals surface area contributed by atoms with E-state index in [2.05, 4.69) is 10.1 Å². The first-order chi connectivity index (χ1) is 6.04. The normalized spacial score (nSPS) is 7.50. The number of halogens is 1. The van der Waals surface area contributed by atoms with Crippen molar-refractivity contribution in [3.63, 3.8) is 0 Å². The predicted molar refractivity (Wildman–Crippen MR) is 57.6 cm³/mol. The number of esters is 1. The van der Waals surface area contributed by atoms with Crippen molar-refractivity contribution in [3.8, 4) is 0 Å². The second-order valence-electron chi connectivity index (χ2n) is 2.31. The molecule has 1 N–H and O–H groups in total. The van der Waals surface area contributed by atoms with Crippen molar-refractivity contribution >= 4 is 24.3 Å². The van der Waals surface area contributed by atoms with Crippen LogP contribution in [0.15, 0.2) is 0 Å². The Balaban J connectivity index is -0.000000267. The van der Waals surface area contributed by atoms with Gasteiger partial charge in [0.05, 0.1) is 7.11 Å². The van der Waals surface area contributed by atoms with Crippen LogP contribution in [0.2, 0.25) is 0 Å². The number of methoxy groups -OCH3 is 1. The lowest BCUT2D eigenvalue weighted by Crippen LogP contribution is -2.33. The van der Waals surface area contributed by atoms with Gasteiger partial charge in [-0.25, -0.2) is 4.79 Å². The molecule has 0 saturated carbocycles. The fraction of sp³-hybridized carbons (Fsp3) is 0.750. The summed E-state index contributed by atoms with van der Waals surface area (Å²) in [5, 5.41) is 2.75. The molecule has 0 aliphatic rings. The first-order valence-electron chi connectivity index (χ1n) is 3.96. The van der Waals surface area contributed by atoms with Crippen molar-refractivity contribution in [2.45, 2.75) is 6.92 Å². The lowest BCUT2D eigenvalue weighted by Gasteiger charge is -2.11. The lowest BCUT2D eigenvalue weighted by atomic mass is 10.5. The van der Waals surface area contributed by atoms with Gasteiger partial charge in [-0.05, 0) is 21.0 Å². The molecule has 0 atom stereocenters. The summed E-state index contributed by atoms with van der Waals surface area (Å²) >= 11 is 0. The molecule has 0 unspecified atom stereocenters. The SMILES string of the molecule is CCN(C)C(=O)C(=O)OC.CNC.Cl. The maximum Gasteiger partial charge on any atom is 0.396 e. The molecule has 0 aromatic rings. The van der Waals surface area contributed by atoms with E-state index in [9.17, 15) is 9.59 Å². The number of hydrogen-bond acceptors (Lipinski definition) is 4. The maximum atomic E-state index is 10.8. The Morgan fingerprint density at radius 1 is 1.36 bits per heavy atom. The van der Waals surface area contributed by atoms with Gasteiger partial charge in [-0.1, -0.05) is 0 Å². The van der Waals surface area contributed by atoms with Crippen LogP contribution in [-0.4, -0.2) is 51.6 Å². The molecule has 5 nitrogen and oxygen atoms in total. The van der Waals surface area contributed by atoms with Gasteiger partial charge in [-0.3, -0.25) is 4.79 Å². The van der Waals surface area contributed by atoms with Gasteiger partial charge in [-0.15, -0.1) is 12.4 Å². The highest BCUT2D eigenvalue weighted by Gasteiger charge is 2.16. The zero-order valence-corrected chi connectivity index (χ0v) is 10.1. The van der Waals surface area contributed by atoms with Gasteiger partial charge >= 0.3 is 11.9 Å². The van der Waals surface area contributed by atoms with Crippen LogP contribution in [0.5, 0.6) is 0 Å². The molecule has 0 spiro atoms. The predicted octanol–water partition coefficient (Wildman–Crippen LogP) is -0.105. The van der Waals surface area contributed by atoms with E-state index in [-0.39, 0.29) is 12.4 Å². The minimum Gasteiger partial charge on any atom is -0.462 e. The second-order valence-corrected chi connectivity index (χ2v) is 2.31. The molecule has 14 heavy (non-hydrogen) atoms. The second kappa shape index (κ2) is 12.2. The van der Waals surface area contributed by atoms with Crippen LogP contribution in [0.25, 0.3) is 0 Å². The van der Waals surface area contributed by atoms with Gasteiger partial charge in [-0.2, -0.15) is 0 Å². The van der Waals surface area contributed by atoms with Gasteiger partial charge < -0.3 is 15.0 Å². The van der Waals surface area contributed by atoms with Crippen molar-refractivity contribution in [1.82, 2.24) is 10.2 Å². The van der Waals surface area contributed by atoms with Crippen LogP contribution in [0.4, 0.5) is 0 Å². The summed E-state index contributed by atoms with van der Waals surface area (Å²) in [4.78, 5) is 22.5. The quantitative estimate of drug-likeness (QED) is 0.501. The Morgan fingerprint density at radius 2 is 1.71 bits per heavy atom. The maximum absolute atomic E-state index is 10.8. The number of rotatable bonds is 1. The van der Waals surface area contributed by atoms with Crippen LogP contribution in [0, 0.1) is 0 Å². The average molecular weight is 227 g/mol. The number of hydrogen-bond donors (Lipinski definition) is 1. The number of carbonyl (C=O) groups excluding carboxylic acids is 2. The monoisotopic (exact) mass is 226 g/mol. The molecule has 1 amide bonds. The highest BCUT2D eigenvalue weighted by Crippen LogP contribution is 1.85. The number of nitrogens with one attached hydrogen (secondary N) is 1. The molecule has 0 aliphatic carbocycles. The van der Waals surface area contributed by atoms with Gasteiger partial charge in [0.1, 0.15) is 0 Å². The van der Waals surface area contributed by atoms with Crippen LogP contribution in [0.3, 0.4) is 0 Å². The number of amides is 1. The smallest absolute Gasteiger partial charge is 0.396 e. The molecular formula is C8H19ClN2O3. The molecule has 0 bridgehead atoms. The summed E-state index contributed by atoms with van der Waals surface area (Å²) < 4.78 is 4.20. The lowest BCUT2D eigenvalue weighted by molar-refractivity contribution is -0.157.